The number of carbonyl (C=O) groups excluding carboxylic acids is 1. The number of fused-ring (bicyclic) bond motifs is 1. The third-order valence-electron chi connectivity index (χ3n) is 5.93. The van der Waals surface area contributed by atoms with E-state index in [2.05, 4.69) is 16.8 Å². The van der Waals surface area contributed by atoms with Crippen molar-refractivity contribution in [2.45, 2.75) is 57.8 Å². The zero-order chi connectivity index (χ0) is 18.3. The predicted molar refractivity (Wildman–Crippen MR) is 94.6 cm³/mol. The average molecular weight is 357 g/mol. The molecule has 1 amide bonds. The van der Waals surface area contributed by atoms with Gasteiger partial charge in [0.15, 0.2) is 5.89 Å². The van der Waals surface area contributed by atoms with Crippen molar-refractivity contribution >= 4 is 5.91 Å². The Morgan fingerprint density at radius 1 is 1.35 bits per heavy atom. The molecule has 2 saturated heterocycles. The van der Waals surface area contributed by atoms with Gasteiger partial charge in [-0.3, -0.25) is 9.69 Å². The molecule has 4 rings (SSSR count). The number of oxazole rings is 1. The van der Waals surface area contributed by atoms with Crippen LogP contribution in [-0.2, 0) is 17.9 Å². The third-order valence-corrected chi connectivity index (χ3v) is 5.93. The highest BCUT2D eigenvalue weighted by molar-refractivity contribution is 5.78. The average Bonchev–Trinajstić information content (AvgIpc) is 3.16. The first-order chi connectivity index (χ1) is 12.5. The van der Waals surface area contributed by atoms with E-state index in [1.54, 1.807) is 18.4 Å². The number of amides is 1. The minimum absolute atomic E-state index is 0.117. The molecule has 26 heavy (non-hydrogen) atoms. The smallest absolute Gasteiger partial charge is 0.223 e. The predicted octanol–water partition coefficient (Wildman–Crippen LogP) is 3.28. The zero-order valence-corrected chi connectivity index (χ0v) is 15.2. The topological polar surface area (TPSA) is 49.6 Å². The van der Waals surface area contributed by atoms with Crippen LogP contribution in [0.3, 0.4) is 0 Å². The van der Waals surface area contributed by atoms with Crippen molar-refractivity contribution in [2.75, 3.05) is 6.54 Å². The standard InChI is InChI=1S/C20H24FN3O2/c1-14-22-16(13-26-14)12-23-10-9-20(2)18(23)7-8-19(25)24(20)11-15-5-3-4-6-17(15)21/h3-6,13,18H,7-12H2,1-2H3/t18-,20-/m0/s1. The summed E-state index contributed by atoms with van der Waals surface area (Å²) in [7, 11) is 0. The quantitative estimate of drug-likeness (QED) is 0.843. The molecule has 2 aromatic rings. The molecule has 0 spiro atoms. The number of halogens is 1. The molecule has 2 aliphatic rings. The maximum absolute atomic E-state index is 14.1. The number of hydrogen-bond donors (Lipinski definition) is 0. The summed E-state index contributed by atoms with van der Waals surface area (Å²) in [5, 5.41) is 0. The van der Waals surface area contributed by atoms with Gasteiger partial charge < -0.3 is 9.32 Å². The molecule has 2 aliphatic heterocycles. The van der Waals surface area contributed by atoms with E-state index in [0.717, 1.165) is 31.6 Å². The summed E-state index contributed by atoms with van der Waals surface area (Å²) in [5.41, 5.74) is 1.22. The molecular weight excluding hydrogens is 333 g/mol. The summed E-state index contributed by atoms with van der Waals surface area (Å²) in [5.74, 6) is 0.534. The number of nitrogens with zero attached hydrogens (tertiary/aromatic N) is 3. The third kappa shape index (κ3) is 2.92. The lowest BCUT2D eigenvalue weighted by Crippen LogP contribution is -2.60. The molecule has 2 fully saturated rings. The highest BCUT2D eigenvalue weighted by Crippen LogP contribution is 2.42. The van der Waals surface area contributed by atoms with Crippen LogP contribution in [0.25, 0.3) is 0 Å². The number of piperidine rings is 1. The van der Waals surface area contributed by atoms with Crippen molar-refractivity contribution < 1.29 is 13.6 Å². The van der Waals surface area contributed by atoms with Crippen LogP contribution in [0, 0.1) is 12.7 Å². The van der Waals surface area contributed by atoms with E-state index in [9.17, 15) is 9.18 Å². The molecule has 0 radical (unpaired) electrons. The maximum Gasteiger partial charge on any atom is 0.223 e. The van der Waals surface area contributed by atoms with E-state index in [1.807, 2.05) is 17.9 Å². The molecule has 6 heteroatoms. The summed E-state index contributed by atoms with van der Waals surface area (Å²) >= 11 is 0. The van der Waals surface area contributed by atoms with Gasteiger partial charge in [0, 0.05) is 44.6 Å². The van der Waals surface area contributed by atoms with Gasteiger partial charge in [-0.15, -0.1) is 0 Å². The summed E-state index contributed by atoms with van der Waals surface area (Å²) in [6.07, 6.45) is 3.92. The first kappa shape index (κ1) is 17.2. The largest absolute Gasteiger partial charge is 0.449 e. The Balaban J connectivity index is 1.56. The second-order valence-electron chi connectivity index (χ2n) is 7.56. The van der Waals surface area contributed by atoms with E-state index in [4.69, 9.17) is 4.42 Å². The first-order valence-electron chi connectivity index (χ1n) is 9.16. The summed E-state index contributed by atoms with van der Waals surface area (Å²) in [6.45, 7) is 5.93. The highest BCUT2D eigenvalue weighted by atomic mass is 19.1. The highest BCUT2D eigenvalue weighted by Gasteiger charge is 2.52. The Bertz CT molecular complexity index is 821. The van der Waals surface area contributed by atoms with Gasteiger partial charge in [0.2, 0.25) is 5.91 Å². The minimum Gasteiger partial charge on any atom is -0.449 e. The lowest BCUT2D eigenvalue weighted by atomic mass is 9.83. The SMILES string of the molecule is Cc1nc(CN2CC[C@@]3(C)[C@@H]2CCC(=O)N3Cc2ccccc2F)co1. The van der Waals surface area contributed by atoms with E-state index in [-0.39, 0.29) is 23.3 Å². The summed E-state index contributed by atoms with van der Waals surface area (Å²) in [4.78, 5) is 21.4. The van der Waals surface area contributed by atoms with Crippen molar-refractivity contribution in [2.24, 2.45) is 0 Å². The van der Waals surface area contributed by atoms with Crippen molar-refractivity contribution in [1.29, 1.82) is 0 Å². The van der Waals surface area contributed by atoms with Gasteiger partial charge >= 0.3 is 0 Å². The van der Waals surface area contributed by atoms with Crippen LogP contribution in [0.4, 0.5) is 4.39 Å². The van der Waals surface area contributed by atoms with Crippen LogP contribution in [0.5, 0.6) is 0 Å². The fourth-order valence-electron chi connectivity index (χ4n) is 4.52. The molecule has 0 saturated carbocycles. The van der Waals surface area contributed by atoms with Crippen LogP contribution >= 0.6 is 0 Å². The minimum atomic E-state index is -0.281. The molecule has 0 bridgehead atoms. The lowest BCUT2D eigenvalue weighted by molar-refractivity contribution is -0.144. The number of aromatic nitrogens is 1. The maximum atomic E-state index is 14.1. The second kappa shape index (κ2) is 6.50. The second-order valence-corrected chi connectivity index (χ2v) is 7.56. The molecule has 2 atom stereocenters. The molecule has 138 valence electrons. The Kier molecular flexibility index (Phi) is 4.31. The van der Waals surface area contributed by atoms with E-state index in [1.165, 1.54) is 6.07 Å². The number of rotatable bonds is 4. The Hall–Kier alpha value is -2.21. The zero-order valence-electron chi connectivity index (χ0n) is 15.2. The van der Waals surface area contributed by atoms with Gasteiger partial charge in [0.05, 0.1) is 11.2 Å². The Morgan fingerprint density at radius 2 is 2.15 bits per heavy atom. The van der Waals surface area contributed by atoms with Crippen LogP contribution in [0.1, 0.15) is 43.3 Å². The summed E-state index contributed by atoms with van der Waals surface area (Å²) in [6, 6.07) is 6.97. The van der Waals surface area contributed by atoms with Crippen molar-refractivity contribution in [3.05, 3.63) is 53.5 Å². The van der Waals surface area contributed by atoms with E-state index < -0.39 is 0 Å². The normalized spacial score (nSPS) is 26.3. The molecule has 1 aromatic carbocycles. The molecular formula is C20H24FN3O2. The van der Waals surface area contributed by atoms with Gasteiger partial charge in [-0.1, -0.05) is 18.2 Å². The van der Waals surface area contributed by atoms with E-state index >= 15 is 0 Å². The molecule has 3 heterocycles. The number of hydrogen-bond acceptors (Lipinski definition) is 4. The molecule has 0 N–H and O–H groups in total. The van der Waals surface area contributed by atoms with Gasteiger partial charge in [-0.25, -0.2) is 9.37 Å². The fourth-order valence-corrected chi connectivity index (χ4v) is 4.52. The monoisotopic (exact) mass is 357 g/mol. The lowest BCUT2D eigenvalue weighted by Gasteiger charge is -2.48. The molecule has 0 aliphatic carbocycles. The van der Waals surface area contributed by atoms with Gasteiger partial charge in [0.1, 0.15) is 12.1 Å². The molecule has 5 nitrogen and oxygen atoms in total. The number of carbonyl (C=O) groups is 1. The Morgan fingerprint density at radius 3 is 2.88 bits per heavy atom. The van der Waals surface area contributed by atoms with Crippen LogP contribution in [-0.4, -0.2) is 38.8 Å². The number of benzene rings is 1. The van der Waals surface area contributed by atoms with Gasteiger partial charge in [0.25, 0.3) is 0 Å². The van der Waals surface area contributed by atoms with Crippen LogP contribution < -0.4 is 0 Å². The van der Waals surface area contributed by atoms with Crippen LogP contribution in [0.15, 0.2) is 34.9 Å². The van der Waals surface area contributed by atoms with Crippen molar-refractivity contribution in [1.82, 2.24) is 14.8 Å². The van der Waals surface area contributed by atoms with Crippen molar-refractivity contribution in [3.63, 3.8) is 0 Å². The number of aryl methyl sites for hydroxylation is 1. The fraction of sp³-hybridized carbons (Fsp3) is 0.500. The Labute approximate surface area is 152 Å². The summed E-state index contributed by atoms with van der Waals surface area (Å²) < 4.78 is 19.5. The number of likely N-dealkylation sites (tertiary alicyclic amines) is 2. The first-order valence-corrected chi connectivity index (χ1v) is 9.16. The molecule has 0 unspecified atom stereocenters. The van der Waals surface area contributed by atoms with Gasteiger partial charge in [-0.05, 0) is 25.8 Å². The van der Waals surface area contributed by atoms with Crippen molar-refractivity contribution in [3.8, 4) is 0 Å². The van der Waals surface area contributed by atoms with E-state index in [0.29, 0.717) is 24.4 Å². The van der Waals surface area contributed by atoms with Crippen LogP contribution in [0.2, 0.25) is 0 Å². The van der Waals surface area contributed by atoms with Gasteiger partial charge in [-0.2, -0.15) is 0 Å². The molecule has 1 aromatic heterocycles.